The third kappa shape index (κ3) is 4.44. The van der Waals surface area contributed by atoms with Gasteiger partial charge in [0.05, 0.1) is 24.3 Å². The summed E-state index contributed by atoms with van der Waals surface area (Å²) in [6.07, 6.45) is 11.6. The van der Waals surface area contributed by atoms with Gasteiger partial charge in [-0.15, -0.1) is 0 Å². The summed E-state index contributed by atoms with van der Waals surface area (Å²) in [5.74, 6) is 4.89. The van der Waals surface area contributed by atoms with E-state index in [4.69, 9.17) is 4.74 Å². The lowest BCUT2D eigenvalue weighted by atomic mass is 10.1. The molecule has 4 rings (SSSR count). The molecule has 2 fully saturated rings. The molecule has 1 aromatic carbocycles. The number of hydrogen-bond donors (Lipinski definition) is 0. The summed E-state index contributed by atoms with van der Waals surface area (Å²) in [6.45, 7) is 1.04. The maximum absolute atomic E-state index is 13.8. The summed E-state index contributed by atoms with van der Waals surface area (Å²) in [5, 5.41) is 0. The van der Waals surface area contributed by atoms with Crippen LogP contribution in [-0.2, 0) is 4.74 Å². The monoisotopic (exact) mass is 423 g/mol. The van der Waals surface area contributed by atoms with Gasteiger partial charge in [0.25, 0.3) is 0 Å². The Balaban J connectivity index is 1.60. The molecule has 0 N–H and O–H groups in total. The number of amides is 2. The van der Waals surface area contributed by atoms with Crippen LogP contribution in [0.3, 0.4) is 0 Å². The Labute approximate surface area is 180 Å². The molecule has 7 heteroatoms. The highest BCUT2D eigenvalue weighted by Gasteiger charge is 2.49. The molecule has 2 atom stereocenters. The van der Waals surface area contributed by atoms with Crippen molar-refractivity contribution in [2.75, 3.05) is 20.3 Å². The summed E-state index contributed by atoms with van der Waals surface area (Å²) in [6, 6.07) is 3.34. The molecule has 0 unspecified atom stereocenters. The Morgan fingerprint density at radius 2 is 1.97 bits per heavy atom. The van der Waals surface area contributed by atoms with Crippen molar-refractivity contribution in [2.24, 2.45) is 4.99 Å². The Kier molecular flexibility index (Phi) is 6.28. The molecule has 1 saturated heterocycles. The Hall–Kier alpha value is -3.24. The molecule has 31 heavy (non-hydrogen) atoms. The zero-order chi connectivity index (χ0) is 21.8. The summed E-state index contributed by atoms with van der Waals surface area (Å²) >= 11 is 0. The van der Waals surface area contributed by atoms with Crippen LogP contribution in [0.2, 0.25) is 0 Å². The maximum atomic E-state index is 13.8. The number of halogens is 2. The molecule has 3 aliphatic rings. The predicted molar refractivity (Wildman–Crippen MR) is 114 cm³/mol. The van der Waals surface area contributed by atoms with E-state index in [1.165, 1.54) is 0 Å². The first-order valence-corrected chi connectivity index (χ1v) is 10.3. The quantitative estimate of drug-likeness (QED) is 0.689. The zero-order valence-corrected chi connectivity index (χ0v) is 17.2. The third-order valence-corrected chi connectivity index (χ3v) is 5.65. The average Bonchev–Trinajstić information content (AvgIpc) is 3.30. The van der Waals surface area contributed by atoms with E-state index in [1.807, 2.05) is 4.90 Å². The molecule has 2 heterocycles. The lowest BCUT2D eigenvalue weighted by Crippen LogP contribution is -2.39. The van der Waals surface area contributed by atoms with Crippen LogP contribution in [0.15, 0.2) is 59.3 Å². The number of nitrogens with zero attached hydrogens (tertiary/aromatic N) is 3. The van der Waals surface area contributed by atoms with E-state index in [0.29, 0.717) is 24.6 Å². The van der Waals surface area contributed by atoms with Gasteiger partial charge >= 0.3 is 6.03 Å². The van der Waals surface area contributed by atoms with Crippen molar-refractivity contribution in [2.45, 2.75) is 31.3 Å². The number of carbonyl (C=O) groups excluding carboxylic acids is 1. The van der Waals surface area contributed by atoms with Crippen LogP contribution in [0.1, 0.15) is 24.8 Å². The van der Waals surface area contributed by atoms with E-state index >= 15 is 0 Å². The van der Waals surface area contributed by atoms with Gasteiger partial charge in [-0.25, -0.2) is 18.6 Å². The predicted octanol–water partition coefficient (Wildman–Crippen LogP) is 4.03. The summed E-state index contributed by atoms with van der Waals surface area (Å²) in [7, 11) is 1.63. The van der Waals surface area contributed by atoms with Gasteiger partial charge in [0.2, 0.25) is 0 Å². The molecule has 160 valence electrons. The molecule has 2 amide bonds. The number of fused-ring (bicyclic) bond motifs is 1. The van der Waals surface area contributed by atoms with E-state index in [2.05, 4.69) is 16.8 Å². The summed E-state index contributed by atoms with van der Waals surface area (Å²) in [4.78, 5) is 21.3. The van der Waals surface area contributed by atoms with Gasteiger partial charge in [0, 0.05) is 25.4 Å². The molecule has 1 aromatic rings. The van der Waals surface area contributed by atoms with Crippen molar-refractivity contribution in [3.05, 3.63) is 71.5 Å². The second-order valence-electron chi connectivity index (χ2n) is 7.57. The van der Waals surface area contributed by atoms with Gasteiger partial charge in [-0.1, -0.05) is 24.0 Å². The first-order valence-electron chi connectivity index (χ1n) is 10.3. The van der Waals surface area contributed by atoms with E-state index in [0.717, 1.165) is 37.5 Å². The van der Waals surface area contributed by atoms with Crippen molar-refractivity contribution in [1.82, 2.24) is 9.80 Å². The number of aliphatic imine (C=N–C) groups is 1. The first-order chi connectivity index (χ1) is 15.1. The number of methoxy groups -OCH3 is 1. The molecule has 1 saturated carbocycles. The molecule has 0 bridgehead atoms. The van der Waals surface area contributed by atoms with Crippen molar-refractivity contribution in [3.8, 4) is 11.8 Å². The van der Waals surface area contributed by atoms with Gasteiger partial charge < -0.3 is 9.64 Å². The van der Waals surface area contributed by atoms with Crippen LogP contribution in [0.5, 0.6) is 0 Å². The number of hydrogen-bond acceptors (Lipinski definition) is 3. The topological polar surface area (TPSA) is 45.1 Å². The van der Waals surface area contributed by atoms with Crippen LogP contribution in [0, 0.1) is 23.5 Å². The molecule has 5 nitrogen and oxygen atoms in total. The van der Waals surface area contributed by atoms with Gasteiger partial charge in [-0.05, 0) is 49.6 Å². The first kappa shape index (κ1) is 21.0. The second-order valence-corrected chi connectivity index (χ2v) is 7.57. The number of amidine groups is 1. The minimum Gasteiger partial charge on any atom is -0.383 e. The summed E-state index contributed by atoms with van der Waals surface area (Å²) < 4.78 is 32.4. The number of allylic oxidation sites excluding steroid dienone is 4. The minimum atomic E-state index is -0.584. The summed E-state index contributed by atoms with van der Waals surface area (Å²) in [5.41, 5.74) is 0.504. The van der Waals surface area contributed by atoms with Crippen LogP contribution >= 0.6 is 0 Å². The van der Waals surface area contributed by atoms with Gasteiger partial charge in [-0.3, -0.25) is 4.90 Å². The molecule has 0 spiro atoms. The van der Waals surface area contributed by atoms with Gasteiger partial charge in [0.15, 0.2) is 0 Å². The number of carbonyl (C=O) groups is 1. The fourth-order valence-electron chi connectivity index (χ4n) is 4.20. The van der Waals surface area contributed by atoms with Crippen molar-refractivity contribution in [3.63, 3.8) is 0 Å². The Morgan fingerprint density at radius 1 is 1.16 bits per heavy atom. The Bertz CT molecular complexity index is 1050. The van der Waals surface area contributed by atoms with Gasteiger partial charge in [0.1, 0.15) is 17.5 Å². The molecular formula is C24H23F2N3O2. The maximum Gasteiger partial charge on any atom is 0.326 e. The molecule has 0 radical (unpaired) electrons. The lowest BCUT2D eigenvalue weighted by Gasteiger charge is -2.22. The lowest BCUT2D eigenvalue weighted by molar-refractivity contribution is 0.145. The molecule has 2 aliphatic heterocycles. The van der Waals surface area contributed by atoms with E-state index in [9.17, 15) is 13.6 Å². The average molecular weight is 423 g/mol. The highest BCUT2D eigenvalue weighted by atomic mass is 19.1. The van der Waals surface area contributed by atoms with E-state index < -0.39 is 11.6 Å². The zero-order valence-electron chi connectivity index (χ0n) is 17.2. The number of benzene rings is 1. The fraction of sp³-hybridized carbons (Fsp3) is 0.333. The highest BCUT2D eigenvalue weighted by molar-refractivity contribution is 6.06. The standard InChI is InChI=1S/C24H23F2N3O2/c1-31-14-13-28-21-6-4-7-22(21)29(24(28)30)23-8-3-2-5-17(16-27-23)9-10-18-15-19(25)11-12-20(18)26/h2-3,5,8,11-12,15-16,21-22H,4,6-7,13-14H2,1H3/b3-2?,5-2+,8-3+,17-5?,17-16+,23-8?,27-16?,27-23+/t21-,22+/m0/s1. The van der Waals surface area contributed by atoms with E-state index in [-0.39, 0.29) is 23.7 Å². The highest BCUT2D eigenvalue weighted by Crippen LogP contribution is 2.36. The molecular weight excluding hydrogens is 400 g/mol. The van der Waals surface area contributed by atoms with Crippen LogP contribution in [-0.4, -0.2) is 54.0 Å². The molecule has 1 aliphatic carbocycles. The normalized spacial score (nSPS) is 27.9. The smallest absolute Gasteiger partial charge is 0.326 e. The minimum absolute atomic E-state index is 0.0200. The number of rotatable bonds is 3. The second kappa shape index (κ2) is 9.27. The third-order valence-electron chi connectivity index (χ3n) is 5.65. The Morgan fingerprint density at radius 3 is 2.81 bits per heavy atom. The van der Waals surface area contributed by atoms with Crippen LogP contribution in [0.25, 0.3) is 0 Å². The number of ether oxygens (including phenoxy) is 1. The van der Waals surface area contributed by atoms with Crippen molar-refractivity contribution >= 4 is 11.9 Å². The largest absolute Gasteiger partial charge is 0.383 e. The van der Waals surface area contributed by atoms with Crippen molar-refractivity contribution in [1.29, 1.82) is 0 Å². The van der Waals surface area contributed by atoms with Crippen LogP contribution < -0.4 is 0 Å². The molecule has 0 aromatic heterocycles. The number of urea groups is 1. The van der Waals surface area contributed by atoms with E-state index in [1.54, 1.807) is 42.5 Å². The fourth-order valence-corrected chi connectivity index (χ4v) is 4.20. The SMILES string of the molecule is COCCN1C(=O)N(C2=N/C=C(C#Cc3cc(F)ccc3F)\C=C\C=C\2)[C@@H]2CCC[C@@H]21. The van der Waals surface area contributed by atoms with Crippen LogP contribution in [0.4, 0.5) is 13.6 Å². The van der Waals surface area contributed by atoms with Gasteiger partial charge in [-0.2, -0.15) is 0 Å². The van der Waals surface area contributed by atoms with Crippen molar-refractivity contribution < 1.29 is 18.3 Å².